The number of hydrogen-bond acceptors (Lipinski definition) is 4. The normalized spacial score (nSPS) is 16.1. The van der Waals surface area contributed by atoms with Gasteiger partial charge in [-0.1, -0.05) is 54.6 Å². The van der Waals surface area contributed by atoms with Gasteiger partial charge in [-0.3, -0.25) is 0 Å². The number of halogens is 3. The van der Waals surface area contributed by atoms with Crippen LogP contribution in [0.1, 0.15) is 40.9 Å². The minimum atomic E-state index is -4.76. The maximum atomic E-state index is 13.4. The van der Waals surface area contributed by atoms with E-state index in [9.17, 15) is 23.1 Å². The third-order valence-corrected chi connectivity index (χ3v) is 6.89. The summed E-state index contributed by atoms with van der Waals surface area (Å²) in [4.78, 5) is 13.5. The third kappa shape index (κ3) is 5.17. The Bertz CT molecular complexity index is 1470. The second kappa shape index (κ2) is 10.4. The molecule has 0 aromatic heterocycles. The van der Waals surface area contributed by atoms with Crippen LogP contribution >= 0.6 is 0 Å². The van der Waals surface area contributed by atoms with Gasteiger partial charge in [-0.2, -0.15) is 13.2 Å². The lowest BCUT2D eigenvalue weighted by atomic mass is 9.99. The molecule has 2 unspecified atom stereocenters. The van der Waals surface area contributed by atoms with Crippen LogP contribution < -0.4 is 15.0 Å². The molecule has 1 heterocycles. The van der Waals surface area contributed by atoms with Crippen molar-refractivity contribution in [2.45, 2.75) is 31.7 Å². The summed E-state index contributed by atoms with van der Waals surface area (Å²) in [5.41, 5.74) is 0.301. The second-order valence-electron chi connectivity index (χ2n) is 9.38. The van der Waals surface area contributed by atoms with E-state index in [-0.39, 0.29) is 12.1 Å². The van der Waals surface area contributed by atoms with Crippen LogP contribution in [0.4, 0.5) is 24.5 Å². The van der Waals surface area contributed by atoms with E-state index in [0.717, 1.165) is 12.1 Å². The van der Waals surface area contributed by atoms with Crippen LogP contribution in [0.3, 0.4) is 0 Å². The van der Waals surface area contributed by atoms with Crippen molar-refractivity contribution in [3.05, 3.63) is 102 Å². The molecule has 0 saturated carbocycles. The largest absolute Gasteiger partial charge is 0.486 e. The summed E-state index contributed by atoms with van der Waals surface area (Å²) in [6.45, 7) is 3.13. The maximum Gasteiger partial charge on any atom is 0.417 e. The molecule has 0 fully saturated rings. The number of nitrogens with one attached hydrogen (secondary N) is 1. The summed E-state index contributed by atoms with van der Waals surface area (Å²) in [5, 5.41) is 15.4. The molecular formula is C30H27F3N2O3. The number of carboxylic acid groups (broad SMARTS) is 1. The molecular weight excluding hydrogens is 493 g/mol. The van der Waals surface area contributed by atoms with Crippen molar-refractivity contribution >= 4 is 28.1 Å². The Morgan fingerprint density at radius 2 is 1.79 bits per heavy atom. The van der Waals surface area contributed by atoms with Crippen LogP contribution in [0, 0.1) is 0 Å². The first-order valence-electron chi connectivity index (χ1n) is 12.4. The molecule has 2 atom stereocenters. The predicted octanol–water partition coefficient (Wildman–Crippen LogP) is 7.20. The highest BCUT2D eigenvalue weighted by atomic mass is 19.4. The number of fused-ring (bicyclic) bond motifs is 2. The van der Waals surface area contributed by atoms with Crippen molar-refractivity contribution < 1.29 is 27.8 Å². The van der Waals surface area contributed by atoms with E-state index in [0.29, 0.717) is 36.6 Å². The summed E-state index contributed by atoms with van der Waals surface area (Å²) in [7, 11) is 0. The van der Waals surface area contributed by atoms with Crippen LogP contribution in [0.15, 0.2) is 84.9 Å². The van der Waals surface area contributed by atoms with Crippen molar-refractivity contribution in [3.8, 4) is 5.75 Å². The van der Waals surface area contributed by atoms with Crippen LogP contribution in [0.25, 0.3) is 10.8 Å². The van der Waals surface area contributed by atoms with Gasteiger partial charge in [-0.25, -0.2) is 4.79 Å². The number of rotatable bonds is 7. The van der Waals surface area contributed by atoms with Crippen molar-refractivity contribution in [2.24, 2.45) is 0 Å². The zero-order valence-corrected chi connectivity index (χ0v) is 20.7. The quantitative estimate of drug-likeness (QED) is 0.270. The van der Waals surface area contributed by atoms with Gasteiger partial charge >= 0.3 is 12.1 Å². The van der Waals surface area contributed by atoms with Crippen molar-refractivity contribution in [2.75, 3.05) is 18.0 Å². The number of para-hydroxylation sites is 2. The van der Waals surface area contributed by atoms with Gasteiger partial charge in [0.15, 0.2) is 0 Å². The third-order valence-electron chi connectivity index (χ3n) is 6.89. The van der Waals surface area contributed by atoms with Gasteiger partial charge in [0.25, 0.3) is 0 Å². The molecule has 0 bridgehead atoms. The SMILES string of the molecule is CC(NCCC1CN(c2ccc(C(F)(F)F)c(C(=O)O)c2)c2ccccc2O1)c1cccc2ccccc12. The summed E-state index contributed by atoms with van der Waals surface area (Å²) in [6.07, 6.45) is -4.37. The molecule has 2 N–H and O–H groups in total. The average Bonchev–Trinajstić information content (AvgIpc) is 2.91. The van der Waals surface area contributed by atoms with E-state index in [1.54, 1.807) is 0 Å². The zero-order valence-electron chi connectivity index (χ0n) is 20.7. The zero-order chi connectivity index (χ0) is 26.9. The number of anilines is 2. The minimum Gasteiger partial charge on any atom is -0.486 e. The molecule has 4 aromatic carbocycles. The fourth-order valence-electron chi connectivity index (χ4n) is 5.02. The topological polar surface area (TPSA) is 61.8 Å². The van der Waals surface area contributed by atoms with Crippen LogP contribution in [-0.4, -0.2) is 30.3 Å². The standard InChI is InChI=1S/C30H27F3N2O3/c1-19(23-10-6-8-20-7-2-3-9-24(20)23)34-16-15-22-18-35(27-11-4-5-12-28(27)38-22)21-13-14-26(30(31,32)33)25(17-21)29(36)37/h2-14,17,19,22,34H,15-16,18H2,1H3,(H,36,37). The van der Waals surface area contributed by atoms with E-state index in [4.69, 9.17) is 4.74 Å². The van der Waals surface area contributed by atoms with E-state index < -0.39 is 23.3 Å². The number of alkyl halides is 3. The molecule has 196 valence electrons. The summed E-state index contributed by atoms with van der Waals surface area (Å²) < 4.78 is 46.4. The molecule has 0 radical (unpaired) electrons. The van der Waals surface area contributed by atoms with Crippen molar-refractivity contribution in [1.82, 2.24) is 5.32 Å². The first-order valence-corrected chi connectivity index (χ1v) is 12.4. The van der Waals surface area contributed by atoms with Gasteiger partial charge in [0.2, 0.25) is 0 Å². The van der Waals surface area contributed by atoms with Gasteiger partial charge in [0.1, 0.15) is 11.9 Å². The molecule has 5 rings (SSSR count). The first-order chi connectivity index (χ1) is 18.2. The van der Waals surface area contributed by atoms with Gasteiger partial charge in [0.05, 0.1) is 23.4 Å². The number of ether oxygens (including phenoxy) is 1. The van der Waals surface area contributed by atoms with Gasteiger partial charge in [-0.05, 0) is 66.6 Å². The Morgan fingerprint density at radius 1 is 1.05 bits per heavy atom. The molecule has 8 heteroatoms. The van der Waals surface area contributed by atoms with Crippen LogP contribution in [0.2, 0.25) is 0 Å². The molecule has 1 aliphatic heterocycles. The van der Waals surface area contributed by atoms with Gasteiger partial charge in [-0.15, -0.1) is 0 Å². The fraction of sp³-hybridized carbons (Fsp3) is 0.233. The maximum absolute atomic E-state index is 13.4. The molecule has 1 aliphatic rings. The Labute approximate surface area is 218 Å². The Morgan fingerprint density at radius 3 is 2.58 bits per heavy atom. The molecule has 5 nitrogen and oxygen atoms in total. The summed E-state index contributed by atoms with van der Waals surface area (Å²) >= 11 is 0. The number of benzene rings is 4. The molecule has 0 spiro atoms. The van der Waals surface area contributed by atoms with Crippen molar-refractivity contribution in [3.63, 3.8) is 0 Å². The van der Waals surface area contributed by atoms with Crippen molar-refractivity contribution in [1.29, 1.82) is 0 Å². The molecule has 0 aliphatic carbocycles. The monoisotopic (exact) mass is 520 g/mol. The lowest BCUT2D eigenvalue weighted by Gasteiger charge is -2.37. The highest BCUT2D eigenvalue weighted by molar-refractivity contribution is 5.91. The first kappa shape index (κ1) is 25.6. The molecule has 0 amide bonds. The van der Waals surface area contributed by atoms with Gasteiger partial charge < -0.3 is 20.1 Å². The van der Waals surface area contributed by atoms with E-state index >= 15 is 0 Å². The average molecular weight is 521 g/mol. The molecule has 38 heavy (non-hydrogen) atoms. The van der Waals surface area contributed by atoms with E-state index in [1.807, 2.05) is 47.4 Å². The Kier molecular flexibility index (Phi) is 6.99. The lowest BCUT2D eigenvalue weighted by Crippen LogP contribution is -2.39. The number of nitrogens with zero attached hydrogens (tertiary/aromatic N) is 1. The summed E-state index contributed by atoms with van der Waals surface area (Å²) in [5.74, 6) is -1.02. The molecule has 4 aromatic rings. The number of hydrogen-bond donors (Lipinski definition) is 2. The Balaban J connectivity index is 1.34. The smallest absolute Gasteiger partial charge is 0.417 e. The molecule has 0 saturated heterocycles. The van der Waals surface area contributed by atoms with Gasteiger partial charge in [0, 0.05) is 11.7 Å². The highest BCUT2D eigenvalue weighted by Crippen LogP contribution is 2.41. The number of aromatic carboxylic acids is 1. The van der Waals surface area contributed by atoms with Crippen LogP contribution in [-0.2, 0) is 6.18 Å². The number of carboxylic acids is 1. The Hall–Kier alpha value is -4.04. The highest BCUT2D eigenvalue weighted by Gasteiger charge is 2.36. The minimum absolute atomic E-state index is 0.0983. The fourth-order valence-corrected chi connectivity index (χ4v) is 5.02. The lowest BCUT2D eigenvalue weighted by molar-refractivity contribution is -0.138. The number of carbonyl (C=O) groups is 1. The summed E-state index contributed by atoms with van der Waals surface area (Å²) in [6, 6.07) is 25.1. The van der Waals surface area contributed by atoms with E-state index in [1.165, 1.54) is 22.4 Å². The van der Waals surface area contributed by atoms with Crippen LogP contribution in [0.5, 0.6) is 5.75 Å². The second-order valence-corrected chi connectivity index (χ2v) is 9.38. The van der Waals surface area contributed by atoms with E-state index in [2.05, 4.69) is 36.5 Å². The predicted molar refractivity (Wildman–Crippen MR) is 141 cm³/mol.